The summed E-state index contributed by atoms with van der Waals surface area (Å²) in [6, 6.07) is 2.02. The summed E-state index contributed by atoms with van der Waals surface area (Å²) in [6.07, 6.45) is 3.69. The number of anilines is 1. The quantitative estimate of drug-likeness (QED) is 0.753. The van der Waals surface area contributed by atoms with Crippen LogP contribution in [0.25, 0.3) is 0 Å². The molecular formula is C11H18N2. The monoisotopic (exact) mass is 178 g/mol. The first kappa shape index (κ1) is 10.0. The fraction of sp³-hybridized carbons (Fsp3) is 0.545. The number of aryl methyl sites for hydroxylation is 1. The average molecular weight is 178 g/mol. The molecule has 13 heavy (non-hydrogen) atoms. The molecule has 0 saturated carbocycles. The van der Waals surface area contributed by atoms with Crippen LogP contribution >= 0.6 is 0 Å². The van der Waals surface area contributed by atoms with Crippen LogP contribution < -0.4 is 5.32 Å². The van der Waals surface area contributed by atoms with Crippen LogP contribution in [0.2, 0.25) is 0 Å². The molecule has 0 radical (unpaired) electrons. The van der Waals surface area contributed by atoms with Crippen LogP contribution in [-0.2, 0) is 0 Å². The Kier molecular flexibility index (Phi) is 2.91. The predicted octanol–water partition coefficient (Wildman–Crippen LogP) is 2.85. The minimum absolute atomic E-state index is 0.308. The smallest absolute Gasteiger partial charge is 0.0556 e. The van der Waals surface area contributed by atoms with Crippen LogP contribution in [-0.4, -0.2) is 11.5 Å². The number of hydrogen-bond acceptors (Lipinski definition) is 2. The Balaban J connectivity index is 2.60. The first-order valence-electron chi connectivity index (χ1n) is 4.63. The van der Waals surface area contributed by atoms with Crippen molar-refractivity contribution in [2.45, 2.75) is 27.7 Å². The normalized spacial score (nSPS) is 11.4. The van der Waals surface area contributed by atoms with Gasteiger partial charge in [-0.05, 0) is 24.0 Å². The highest BCUT2D eigenvalue weighted by Crippen LogP contribution is 2.17. The van der Waals surface area contributed by atoms with E-state index in [0.29, 0.717) is 5.41 Å². The minimum atomic E-state index is 0.308. The van der Waals surface area contributed by atoms with Gasteiger partial charge in [0.15, 0.2) is 0 Å². The molecule has 1 N–H and O–H groups in total. The lowest BCUT2D eigenvalue weighted by Gasteiger charge is -2.20. The van der Waals surface area contributed by atoms with Crippen molar-refractivity contribution in [2.24, 2.45) is 5.41 Å². The van der Waals surface area contributed by atoms with Crippen LogP contribution in [0, 0.1) is 12.3 Å². The third kappa shape index (κ3) is 3.45. The summed E-state index contributed by atoms with van der Waals surface area (Å²) in [5.74, 6) is 0. The van der Waals surface area contributed by atoms with E-state index < -0.39 is 0 Å². The van der Waals surface area contributed by atoms with E-state index in [1.807, 2.05) is 18.5 Å². The Bertz CT molecular complexity index is 274. The van der Waals surface area contributed by atoms with Gasteiger partial charge in [-0.1, -0.05) is 20.8 Å². The standard InChI is InChI=1S/C11H18N2/c1-9-5-6-12-7-10(9)13-8-11(2,3)4/h5-7,13H,8H2,1-4H3. The van der Waals surface area contributed by atoms with Crippen LogP contribution in [0.4, 0.5) is 5.69 Å². The van der Waals surface area contributed by atoms with Crippen molar-refractivity contribution >= 4 is 5.69 Å². The zero-order valence-corrected chi connectivity index (χ0v) is 8.89. The molecule has 0 amide bonds. The molecule has 1 aromatic heterocycles. The van der Waals surface area contributed by atoms with Crippen LogP contribution in [0.1, 0.15) is 26.3 Å². The molecule has 0 spiro atoms. The lowest BCUT2D eigenvalue weighted by atomic mass is 9.97. The minimum Gasteiger partial charge on any atom is -0.383 e. The van der Waals surface area contributed by atoms with E-state index in [2.05, 4.69) is 38.0 Å². The van der Waals surface area contributed by atoms with Crippen molar-refractivity contribution in [3.63, 3.8) is 0 Å². The van der Waals surface area contributed by atoms with E-state index in [9.17, 15) is 0 Å². The van der Waals surface area contributed by atoms with Gasteiger partial charge in [0.05, 0.1) is 11.9 Å². The third-order valence-electron chi connectivity index (χ3n) is 1.85. The second kappa shape index (κ2) is 3.77. The average Bonchev–Trinajstić information content (AvgIpc) is 2.01. The van der Waals surface area contributed by atoms with Crippen molar-refractivity contribution in [3.05, 3.63) is 24.0 Å². The fourth-order valence-electron chi connectivity index (χ4n) is 1.01. The second-order valence-corrected chi connectivity index (χ2v) is 4.60. The first-order chi connectivity index (χ1) is 5.99. The van der Waals surface area contributed by atoms with Gasteiger partial charge in [0.25, 0.3) is 0 Å². The number of rotatable bonds is 2. The Morgan fingerprint density at radius 3 is 2.62 bits per heavy atom. The third-order valence-corrected chi connectivity index (χ3v) is 1.85. The molecule has 0 unspecified atom stereocenters. The molecule has 0 fully saturated rings. The van der Waals surface area contributed by atoms with Gasteiger partial charge in [-0.2, -0.15) is 0 Å². The summed E-state index contributed by atoms with van der Waals surface area (Å²) in [5.41, 5.74) is 2.69. The van der Waals surface area contributed by atoms with Crippen molar-refractivity contribution in [1.82, 2.24) is 4.98 Å². The summed E-state index contributed by atoms with van der Waals surface area (Å²) in [5, 5.41) is 3.39. The summed E-state index contributed by atoms with van der Waals surface area (Å²) in [4.78, 5) is 4.08. The van der Waals surface area contributed by atoms with Crippen LogP contribution in [0.15, 0.2) is 18.5 Å². The van der Waals surface area contributed by atoms with Gasteiger partial charge in [0.1, 0.15) is 0 Å². The van der Waals surface area contributed by atoms with Gasteiger partial charge in [0.2, 0.25) is 0 Å². The molecule has 1 heterocycles. The Labute approximate surface area is 80.4 Å². The van der Waals surface area contributed by atoms with Crippen molar-refractivity contribution in [1.29, 1.82) is 0 Å². The SMILES string of the molecule is Cc1ccncc1NCC(C)(C)C. The van der Waals surface area contributed by atoms with Gasteiger partial charge in [0, 0.05) is 12.7 Å². The first-order valence-corrected chi connectivity index (χ1v) is 4.63. The molecule has 0 aromatic carbocycles. The molecule has 1 rings (SSSR count). The number of pyridine rings is 1. The molecule has 0 bridgehead atoms. The summed E-state index contributed by atoms with van der Waals surface area (Å²) in [6.45, 7) is 9.70. The van der Waals surface area contributed by atoms with Crippen LogP contribution in [0.3, 0.4) is 0 Å². The molecule has 72 valence electrons. The van der Waals surface area contributed by atoms with E-state index in [4.69, 9.17) is 0 Å². The highest BCUT2D eigenvalue weighted by atomic mass is 14.9. The summed E-state index contributed by atoms with van der Waals surface area (Å²) in [7, 11) is 0. The molecule has 0 aliphatic rings. The Morgan fingerprint density at radius 1 is 1.38 bits per heavy atom. The number of aromatic nitrogens is 1. The largest absolute Gasteiger partial charge is 0.383 e. The Morgan fingerprint density at radius 2 is 2.08 bits per heavy atom. The van der Waals surface area contributed by atoms with Gasteiger partial charge in [-0.15, -0.1) is 0 Å². The van der Waals surface area contributed by atoms with Gasteiger partial charge >= 0.3 is 0 Å². The molecule has 0 aliphatic carbocycles. The number of nitrogens with zero attached hydrogens (tertiary/aromatic N) is 1. The number of nitrogens with one attached hydrogen (secondary N) is 1. The molecule has 0 atom stereocenters. The van der Waals surface area contributed by atoms with E-state index in [-0.39, 0.29) is 0 Å². The molecular weight excluding hydrogens is 160 g/mol. The predicted molar refractivity (Wildman–Crippen MR) is 56.9 cm³/mol. The lowest BCUT2D eigenvalue weighted by molar-refractivity contribution is 0.443. The maximum Gasteiger partial charge on any atom is 0.0556 e. The highest BCUT2D eigenvalue weighted by Gasteiger charge is 2.09. The fourth-order valence-corrected chi connectivity index (χ4v) is 1.01. The maximum atomic E-state index is 4.08. The molecule has 2 heteroatoms. The molecule has 0 aliphatic heterocycles. The van der Waals surface area contributed by atoms with Gasteiger partial charge in [-0.25, -0.2) is 0 Å². The van der Waals surface area contributed by atoms with E-state index in [1.54, 1.807) is 0 Å². The molecule has 2 nitrogen and oxygen atoms in total. The van der Waals surface area contributed by atoms with E-state index in [1.165, 1.54) is 5.56 Å². The maximum absolute atomic E-state index is 4.08. The second-order valence-electron chi connectivity index (χ2n) is 4.60. The van der Waals surface area contributed by atoms with Crippen molar-refractivity contribution in [2.75, 3.05) is 11.9 Å². The summed E-state index contributed by atoms with van der Waals surface area (Å²) < 4.78 is 0. The summed E-state index contributed by atoms with van der Waals surface area (Å²) >= 11 is 0. The van der Waals surface area contributed by atoms with E-state index >= 15 is 0 Å². The molecule has 1 aromatic rings. The van der Waals surface area contributed by atoms with Gasteiger partial charge < -0.3 is 5.32 Å². The van der Waals surface area contributed by atoms with Crippen LogP contribution in [0.5, 0.6) is 0 Å². The number of hydrogen-bond donors (Lipinski definition) is 1. The Hall–Kier alpha value is -1.05. The van der Waals surface area contributed by atoms with E-state index in [0.717, 1.165) is 12.2 Å². The highest BCUT2D eigenvalue weighted by molar-refractivity contribution is 5.47. The van der Waals surface area contributed by atoms with Crippen molar-refractivity contribution < 1.29 is 0 Å². The zero-order chi connectivity index (χ0) is 9.90. The van der Waals surface area contributed by atoms with Gasteiger partial charge in [-0.3, -0.25) is 4.98 Å². The lowest BCUT2D eigenvalue weighted by Crippen LogP contribution is -2.19. The topological polar surface area (TPSA) is 24.9 Å². The molecule has 0 saturated heterocycles. The van der Waals surface area contributed by atoms with Crippen molar-refractivity contribution in [3.8, 4) is 0 Å². The zero-order valence-electron chi connectivity index (χ0n) is 8.89.